The number of hydrogen-bond acceptors (Lipinski definition) is 2. The first-order valence-corrected chi connectivity index (χ1v) is 3.37. The molecule has 0 unspecified atom stereocenters. The summed E-state index contributed by atoms with van der Waals surface area (Å²) in [6, 6.07) is 0. The van der Waals surface area contributed by atoms with Crippen LogP contribution in [0.15, 0.2) is 12.4 Å². The summed E-state index contributed by atoms with van der Waals surface area (Å²) in [5, 5.41) is 7.63. The molecule has 56 valence electrons. The van der Waals surface area contributed by atoms with Gasteiger partial charge in [0.2, 0.25) is 0 Å². The smallest absolute Gasteiger partial charge is 0.101 e. The van der Waals surface area contributed by atoms with Crippen molar-refractivity contribution in [3.05, 3.63) is 12.4 Å². The minimum atomic E-state index is 0.722. The average molecular weight is 141 g/mol. The first-order chi connectivity index (χ1) is 4.67. The fourth-order valence-electron chi connectivity index (χ4n) is 0.636. The summed E-state index contributed by atoms with van der Waals surface area (Å²) in [5.41, 5.74) is 0. The van der Waals surface area contributed by atoms with Crippen molar-refractivity contribution in [2.75, 3.05) is 20.6 Å². The Labute approximate surface area is 60.6 Å². The van der Waals surface area contributed by atoms with Gasteiger partial charge in [-0.2, -0.15) is 0 Å². The number of rotatable bonds is 2. The first-order valence-electron chi connectivity index (χ1n) is 3.37. The van der Waals surface area contributed by atoms with E-state index in [1.807, 2.05) is 11.0 Å². The maximum absolute atomic E-state index is 3.90. The van der Waals surface area contributed by atoms with Crippen molar-refractivity contribution in [2.24, 2.45) is 0 Å². The van der Waals surface area contributed by atoms with E-state index in [4.69, 9.17) is 0 Å². The number of nitrogens with zero attached hydrogens (tertiary/aromatic N) is 4. The average Bonchev–Trinajstić information content (AvgIpc) is 2.38. The predicted octanol–water partition coefficient (Wildman–Crippen LogP) is -0.00350. The van der Waals surface area contributed by atoms with Gasteiger partial charge in [-0.1, -0.05) is 4.79 Å². The van der Waals surface area contributed by atoms with Crippen LogP contribution in [0.1, 0.15) is 6.92 Å². The molecule has 1 aromatic rings. The predicted molar refractivity (Wildman–Crippen MR) is 39.9 cm³/mol. The largest absolute Gasteiger partial charge is 0.204 e. The SMILES string of the molecule is CC[N+](C)(C)n1ccnn1. The third kappa shape index (κ3) is 1.16. The van der Waals surface area contributed by atoms with E-state index in [9.17, 15) is 0 Å². The summed E-state index contributed by atoms with van der Waals surface area (Å²) in [5.74, 6) is 0. The highest BCUT2D eigenvalue weighted by Crippen LogP contribution is 1.91. The van der Waals surface area contributed by atoms with Gasteiger partial charge in [0.25, 0.3) is 0 Å². The van der Waals surface area contributed by atoms with E-state index in [0.717, 1.165) is 11.1 Å². The third-order valence-corrected chi connectivity index (χ3v) is 1.74. The second kappa shape index (κ2) is 2.38. The van der Waals surface area contributed by atoms with Crippen LogP contribution in [0.5, 0.6) is 0 Å². The molecule has 0 aliphatic rings. The zero-order chi connectivity index (χ0) is 7.61. The zero-order valence-corrected chi connectivity index (χ0v) is 6.65. The van der Waals surface area contributed by atoms with Crippen molar-refractivity contribution in [2.45, 2.75) is 6.92 Å². The van der Waals surface area contributed by atoms with E-state index in [1.165, 1.54) is 0 Å². The Morgan fingerprint density at radius 1 is 1.50 bits per heavy atom. The molecule has 1 heterocycles. The lowest BCUT2D eigenvalue weighted by Gasteiger charge is -2.25. The van der Waals surface area contributed by atoms with Crippen LogP contribution in [0.4, 0.5) is 0 Å². The van der Waals surface area contributed by atoms with E-state index in [2.05, 4.69) is 31.3 Å². The van der Waals surface area contributed by atoms with Gasteiger partial charge in [0.1, 0.15) is 6.20 Å². The monoisotopic (exact) mass is 141 g/mol. The van der Waals surface area contributed by atoms with Gasteiger partial charge in [0.05, 0.1) is 26.8 Å². The van der Waals surface area contributed by atoms with Gasteiger partial charge < -0.3 is 0 Å². The minimum Gasteiger partial charge on any atom is -0.204 e. The maximum atomic E-state index is 3.90. The Bertz CT molecular complexity index is 190. The molecule has 0 aromatic carbocycles. The Hall–Kier alpha value is -0.900. The molecule has 4 heteroatoms. The van der Waals surface area contributed by atoms with Crippen LogP contribution in [0.25, 0.3) is 0 Å². The molecule has 1 aromatic heterocycles. The summed E-state index contributed by atoms with van der Waals surface area (Å²) in [6.07, 6.45) is 3.55. The zero-order valence-electron chi connectivity index (χ0n) is 6.65. The van der Waals surface area contributed by atoms with Gasteiger partial charge in [-0.3, -0.25) is 0 Å². The van der Waals surface area contributed by atoms with Crippen molar-refractivity contribution in [3.8, 4) is 0 Å². The fourth-order valence-corrected chi connectivity index (χ4v) is 0.636. The molecule has 0 saturated heterocycles. The highest BCUT2D eigenvalue weighted by Gasteiger charge is 2.14. The van der Waals surface area contributed by atoms with Gasteiger partial charge in [0.15, 0.2) is 0 Å². The molecule has 0 aliphatic heterocycles. The molecule has 4 nitrogen and oxygen atoms in total. The molecule has 0 amide bonds. The van der Waals surface area contributed by atoms with Crippen molar-refractivity contribution < 1.29 is 0 Å². The topological polar surface area (TPSA) is 30.7 Å². The summed E-state index contributed by atoms with van der Waals surface area (Å²) >= 11 is 0. The van der Waals surface area contributed by atoms with Crippen molar-refractivity contribution >= 4 is 0 Å². The van der Waals surface area contributed by atoms with Crippen molar-refractivity contribution in [1.29, 1.82) is 0 Å². The van der Waals surface area contributed by atoms with Crippen LogP contribution in [0, 0.1) is 0 Å². The Morgan fingerprint density at radius 3 is 2.60 bits per heavy atom. The van der Waals surface area contributed by atoms with Crippen molar-refractivity contribution in [1.82, 2.24) is 19.7 Å². The molecule has 0 fully saturated rings. The molecule has 10 heavy (non-hydrogen) atoms. The first kappa shape index (κ1) is 7.21. The summed E-state index contributed by atoms with van der Waals surface area (Å²) in [7, 11) is 4.16. The second-order valence-corrected chi connectivity index (χ2v) is 2.76. The minimum absolute atomic E-state index is 0.722. The standard InChI is InChI=1S/C6H13N4/c1-4-10(2,3)9-6-5-7-8-9/h5-6H,4H2,1-3H3/q+1. The highest BCUT2D eigenvalue weighted by atomic mass is 15.8. The van der Waals surface area contributed by atoms with E-state index < -0.39 is 0 Å². The molecule has 0 radical (unpaired) electrons. The van der Waals surface area contributed by atoms with Crippen LogP contribution >= 0.6 is 0 Å². The fraction of sp³-hybridized carbons (Fsp3) is 0.667. The molecular formula is C6H13N4+. The van der Waals surface area contributed by atoms with Crippen LogP contribution in [0.2, 0.25) is 0 Å². The lowest BCUT2D eigenvalue weighted by atomic mass is 10.6. The van der Waals surface area contributed by atoms with E-state index >= 15 is 0 Å². The molecule has 0 aliphatic carbocycles. The maximum Gasteiger partial charge on any atom is 0.101 e. The van der Waals surface area contributed by atoms with Gasteiger partial charge in [-0.25, -0.2) is 4.59 Å². The van der Waals surface area contributed by atoms with Gasteiger partial charge in [0, 0.05) is 0 Å². The lowest BCUT2D eigenvalue weighted by Crippen LogP contribution is -2.50. The molecule has 0 bridgehead atoms. The van der Waals surface area contributed by atoms with Crippen LogP contribution in [-0.2, 0) is 0 Å². The molecule has 0 atom stereocenters. The Balaban J connectivity index is 2.85. The molecule has 0 saturated carbocycles. The molecule has 0 spiro atoms. The Morgan fingerprint density at radius 2 is 2.20 bits per heavy atom. The van der Waals surface area contributed by atoms with Crippen LogP contribution in [-0.4, -0.2) is 35.7 Å². The normalized spacial score (nSPS) is 11.9. The Kier molecular flexibility index (Phi) is 1.72. The van der Waals surface area contributed by atoms with Crippen molar-refractivity contribution in [3.63, 3.8) is 0 Å². The molecule has 0 N–H and O–H groups in total. The van der Waals surface area contributed by atoms with E-state index in [1.54, 1.807) is 6.20 Å². The summed E-state index contributed by atoms with van der Waals surface area (Å²) in [4.78, 5) is 1.82. The number of hydrogen-bond donors (Lipinski definition) is 0. The van der Waals surface area contributed by atoms with E-state index in [-0.39, 0.29) is 0 Å². The second-order valence-electron chi connectivity index (χ2n) is 2.76. The van der Waals surface area contributed by atoms with Crippen LogP contribution < -0.4 is 4.59 Å². The van der Waals surface area contributed by atoms with E-state index in [0.29, 0.717) is 0 Å². The molecular weight excluding hydrogens is 128 g/mol. The molecule has 1 rings (SSSR count). The number of aromatic nitrogens is 3. The van der Waals surface area contributed by atoms with Gasteiger partial charge >= 0.3 is 0 Å². The summed E-state index contributed by atoms with van der Waals surface area (Å²) in [6.45, 7) is 3.12. The highest BCUT2D eigenvalue weighted by molar-refractivity contribution is 4.72. The number of quaternary nitrogens is 1. The summed E-state index contributed by atoms with van der Waals surface area (Å²) < 4.78 is 0.722. The van der Waals surface area contributed by atoms with Gasteiger partial charge in [-0.05, 0) is 12.1 Å². The van der Waals surface area contributed by atoms with Crippen LogP contribution in [0.3, 0.4) is 0 Å². The quantitative estimate of drug-likeness (QED) is 0.543. The lowest BCUT2D eigenvalue weighted by molar-refractivity contribution is 0.183. The van der Waals surface area contributed by atoms with Gasteiger partial charge in [-0.15, -0.1) is 5.10 Å². The third-order valence-electron chi connectivity index (χ3n) is 1.74.